The molecule has 11 heteroatoms. The van der Waals surface area contributed by atoms with E-state index in [0.717, 1.165) is 5.56 Å². The summed E-state index contributed by atoms with van der Waals surface area (Å²) >= 11 is 0. The van der Waals surface area contributed by atoms with Crippen molar-refractivity contribution in [3.8, 4) is 0 Å². The zero-order valence-corrected chi connectivity index (χ0v) is 20.9. The van der Waals surface area contributed by atoms with Gasteiger partial charge in [0, 0.05) is 0 Å². The van der Waals surface area contributed by atoms with E-state index in [9.17, 15) is 24.0 Å². The van der Waals surface area contributed by atoms with Gasteiger partial charge in [-0.3, -0.25) is 14.4 Å². The van der Waals surface area contributed by atoms with E-state index in [1.165, 1.54) is 0 Å². The van der Waals surface area contributed by atoms with E-state index >= 15 is 0 Å². The Morgan fingerprint density at radius 3 is 2.14 bits per heavy atom. The number of primary amides is 1. The molecule has 0 aliphatic rings. The number of carbonyl (C=O) groups excluding carboxylic acids is 5. The third kappa shape index (κ3) is 13.0. The second-order valence-electron chi connectivity index (χ2n) is 9.43. The van der Waals surface area contributed by atoms with Gasteiger partial charge in [-0.15, -0.1) is 0 Å². The normalized spacial score (nSPS) is 12.7. The molecule has 0 bridgehead atoms. The molecule has 0 radical (unpaired) electrons. The third-order valence-corrected chi connectivity index (χ3v) is 4.38. The van der Waals surface area contributed by atoms with Crippen molar-refractivity contribution in [2.24, 2.45) is 11.7 Å². The highest BCUT2D eigenvalue weighted by Crippen LogP contribution is 2.10. The van der Waals surface area contributed by atoms with Crippen molar-refractivity contribution in [3.63, 3.8) is 0 Å². The number of amides is 4. The number of ether oxygens (including phenoxy) is 2. The van der Waals surface area contributed by atoms with Crippen molar-refractivity contribution in [3.05, 3.63) is 35.9 Å². The van der Waals surface area contributed by atoms with Crippen LogP contribution in [0.3, 0.4) is 0 Å². The summed E-state index contributed by atoms with van der Waals surface area (Å²) in [6.45, 7) is 8.27. The number of nitrogens with one attached hydrogen (secondary N) is 3. The van der Waals surface area contributed by atoms with Gasteiger partial charge in [0.15, 0.2) is 0 Å². The molecule has 0 saturated carbocycles. The first-order valence-electron chi connectivity index (χ1n) is 11.3. The summed E-state index contributed by atoms with van der Waals surface area (Å²) < 4.78 is 10.4. The van der Waals surface area contributed by atoms with Gasteiger partial charge in [-0.2, -0.15) is 0 Å². The van der Waals surface area contributed by atoms with Gasteiger partial charge in [0.05, 0.1) is 6.42 Å². The molecule has 11 nitrogen and oxygen atoms in total. The highest BCUT2D eigenvalue weighted by Gasteiger charge is 2.29. The average molecular weight is 493 g/mol. The number of alkyl carbamates (subject to hydrolysis) is 1. The van der Waals surface area contributed by atoms with E-state index in [1.807, 2.05) is 32.0 Å². The summed E-state index contributed by atoms with van der Waals surface area (Å²) in [5, 5.41) is 7.15. The molecule has 4 amide bonds. The second kappa shape index (κ2) is 13.9. The van der Waals surface area contributed by atoms with Gasteiger partial charge in [-0.25, -0.2) is 9.59 Å². The van der Waals surface area contributed by atoms with Crippen LogP contribution in [0, 0.1) is 5.92 Å². The molecule has 0 heterocycles. The molecule has 2 atom stereocenters. The molecule has 0 fully saturated rings. The van der Waals surface area contributed by atoms with Crippen LogP contribution in [0.15, 0.2) is 30.3 Å². The standard InChI is InChI=1S/C24H36N4O7/c1-15(2)11-18(22(32)34-14-16-9-7-6-8-10-16)28-21(31)17(12-19(25)29)27-20(30)13-26-23(33)35-24(3,4)5/h6-10,15,17-18H,11-14H2,1-5H3,(H2,25,29)(H,26,33)(H,27,30)(H,28,31). The van der Waals surface area contributed by atoms with E-state index < -0.39 is 60.4 Å². The minimum absolute atomic E-state index is 0.0297. The SMILES string of the molecule is CC(C)CC(NC(=O)C(CC(N)=O)NC(=O)CNC(=O)OC(C)(C)C)C(=O)OCc1ccccc1. The number of esters is 1. The quantitative estimate of drug-likeness (QED) is 0.318. The Bertz CT molecular complexity index is 882. The lowest BCUT2D eigenvalue weighted by molar-refractivity contribution is -0.149. The number of hydrogen-bond acceptors (Lipinski definition) is 7. The van der Waals surface area contributed by atoms with Gasteiger partial charge >= 0.3 is 12.1 Å². The van der Waals surface area contributed by atoms with Gasteiger partial charge in [0.25, 0.3) is 0 Å². The van der Waals surface area contributed by atoms with Gasteiger partial charge < -0.3 is 31.2 Å². The Hall–Kier alpha value is -3.63. The zero-order chi connectivity index (χ0) is 26.6. The minimum atomic E-state index is -1.35. The van der Waals surface area contributed by atoms with Crippen molar-refractivity contribution < 1.29 is 33.4 Å². The zero-order valence-electron chi connectivity index (χ0n) is 20.9. The number of benzene rings is 1. The maximum Gasteiger partial charge on any atom is 0.408 e. The molecule has 194 valence electrons. The van der Waals surface area contributed by atoms with Crippen LogP contribution < -0.4 is 21.7 Å². The average Bonchev–Trinajstić information content (AvgIpc) is 2.74. The number of carbonyl (C=O) groups is 5. The van der Waals surface area contributed by atoms with Crippen molar-refractivity contribution >= 4 is 29.8 Å². The lowest BCUT2D eigenvalue weighted by Crippen LogP contribution is -2.54. The third-order valence-electron chi connectivity index (χ3n) is 4.38. The molecule has 1 aromatic carbocycles. The second-order valence-corrected chi connectivity index (χ2v) is 9.43. The number of nitrogens with two attached hydrogens (primary N) is 1. The van der Waals surface area contributed by atoms with Gasteiger partial charge in [0.1, 0.15) is 30.8 Å². The summed E-state index contributed by atoms with van der Waals surface area (Å²) in [7, 11) is 0. The van der Waals surface area contributed by atoms with E-state index in [2.05, 4.69) is 16.0 Å². The first-order valence-corrected chi connectivity index (χ1v) is 11.3. The first kappa shape index (κ1) is 29.4. The fraction of sp³-hybridized carbons (Fsp3) is 0.542. The molecule has 0 aliphatic heterocycles. The molecule has 0 aromatic heterocycles. The Kier molecular flexibility index (Phi) is 11.7. The maximum atomic E-state index is 12.9. The summed E-state index contributed by atoms with van der Waals surface area (Å²) in [6.07, 6.45) is -1.05. The van der Waals surface area contributed by atoms with E-state index in [-0.39, 0.29) is 18.9 Å². The molecule has 5 N–H and O–H groups in total. The van der Waals surface area contributed by atoms with Crippen molar-refractivity contribution in [2.75, 3.05) is 6.54 Å². The van der Waals surface area contributed by atoms with E-state index in [0.29, 0.717) is 0 Å². The van der Waals surface area contributed by atoms with Crippen LogP contribution in [0.5, 0.6) is 0 Å². The lowest BCUT2D eigenvalue weighted by atomic mass is 10.0. The van der Waals surface area contributed by atoms with Crippen LogP contribution in [-0.4, -0.2) is 54.0 Å². The largest absolute Gasteiger partial charge is 0.459 e. The first-order chi connectivity index (χ1) is 16.3. The highest BCUT2D eigenvalue weighted by atomic mass is 16.6. The lowest BCUT2D eigenvalue weighted by Gasteiger charge is -2.23. The molecular weight excluding hydrogens is 456 g/mol. The number of hydrogen-bond donors (Lipinski definition) is 4. The monoisotopic (exact) mass is 492 g/mol. The fourth-order valence-corrected chi connectivity index (χ4v) is 2.91. The summed E-state index contributed by atoms with van der Waals surface area (Å²) in [5.74, 6) is -2.97. The maximum absolute atomic E-state index is 12.9. The van der Waals surface area contributed by atoms with E-state index in [4.69, 9.17) is 15.2 Å². The predicted octanol–water partition coefficient (Wildman–Crippen LogP) is 1.15. The molecule has 1 aromatic rings. The van der Waals surface area contributed by atoms with E-state index in [1.54, 1.807) is 32.9 Å². The Balaban J connectivity index is 2.78. The Morgan fingerprint density at radius 1 is 0.971 bits per heavy atom. The molecule has 0 aliphatic carbocycles. The summed E-state index contributed by atoms with van der Waals surface area (Å²) in [5.41, 5.74) is 5.26. The minimum Gasteiger partial charge on any atom is -0.459 e. The molecule has 0 spiro atoms. The summed E-state index contributed by atoms with van der Waals surface area (Å²) in [4.78, 5) is 61.0. The number of rotatable bonds is 12. The van der Waals surface area contributed by atoms with Gasteiger partial charge in [0.2, 0.25) is 17.7 Å². The van der Waals surface area contributed by atoms with Crippen LogP contribution in [0.1, 0.15) is 53.0 Å². The van der Waals surface area contributed by atoms with Gasteiger partial charge in [-0.1, -0.05) is 44.2 Å². The smallest absolute Gasteiger partial charge is 0.408 e. The van der Waals surface area contributed by atoms with Crippen molar-refractivity contribution in [1.82, 2.24) is 16.0 Å². The summed E-state index contributed by atoms with van der Waals surface area (Å²) in [6, 6.07) is 6.70. The van der Waals surface area contributed by atoms with Crippen LogP contribution in [0.4, 0.5) is 4.79 Å². The van der Waals surface area contributed by atoms with Crippen LogP contribution in [-0.2, 0) is 35.3 Å². The molecule has 1 rings (SSSR count). The molecule has 2 unspecified atom stereocenters. The van der Waals surface area contributed by atoms with Gasteiger partial charge in [-0.05, 0) is 38.7 Å². The Morgan fingerprint density at radius 2 is 1.60 bits per heavy atom. The van der Waals surface area contributed by atoms with Crippen molar-refractivity contribution in [2.45, 2.75) is 71.8 Å². The van der Waals surface area contributed by atoms with Crippen molar-refractivity contribution in [1.29, 1.82) is 0 Å². The predicted molar refractivity (Wildman–Crippen MR) is 128 cm³/mol. The fourth-order valence-electron chi connectivity index (χ4n) is 2.91. The van der Waals surface area contributed by atoms with Crippen LogP contribution >= 0.6 is 0 Å². The van der Waals surface area contributed by atoms with Crippen LogP contribution in [0.25, 0.3) is 0 Å². The highest BCUT2D eigenvalue weighted by molar-refractivity contribution is 5.94. The molecule has 35 heavy (non-hydrogen) atoms. The topological polar surface area (TPSA) is 166 Å². The molecule has 0 saturated heterocycles. The van der Waals surface area contributed by atoms with Crippen LogP contribution in [0.2, 0.25) is 0 Å². The Labute approximate surface area is 205 Å². The molecular formula is C24H36N4O7.